The van der Waals surface area contributed by atoms with Crippen LogP contribution in [-0.2, 0) is 4.74 Å². The van der Waals surface area contributed by atoms with Crippen LogP contribution in [0.3, 0.4) is 0 Å². The summed E-state index contributed by atoms with van der Waals surface area (Å²) < 4.78 is 11.5. The van der Waals surface area contributed by atoms with Crippen molar-refractivity contribution in [1.29, 1.82) is 0 Å². The molecule has 0 saturated carbocycles. The van der Waals surface area contributed by atoms with Crippen molar-refractivity contribution in [2.75, 3.05) is 36.9 Å². The third-order valence-electron chi connectivity index (χ3n) is 3.96. The molecule has 9 heteroatoms. The number of amides is 2. The summed E-state index contributed by atoms with van der Waals surface area (Å²) in [7, 11) is 0. The number of aromatic nitrogens is 2. The summed E-state index contributed by atoms with van der Waals surface area (Å²) in [6.07, 6.45) is 3.02. The van der Waals surface area contributed by atoms with E-state index in [1.54, 1.807) is 18.3 Å². The summed E-state index contributed by atoms with van der Waals surface area (Å²) in [4.78, 5) is 20.5. The van der Waals surface area contributed by atoms with Crippen molar-refractivity contribution in [3.8, 4) is 5.75 Å². The van der Waals surface area contributed by atoms with E-state index in [0.29, 0.717) is 35.5 Å². The molecule has 1 fully saturated rings. The molecule has 0 aliphatic carbocycles. The highest BCUT2D eigenvalue weighted by molar-refractivity contribution is 6.31. The Morgan fingerprint density at radius 2 is 2.19 bits per heavy atom. The van der Waals surface area contributed by atoms with Gasteiger partial charge in [0.25, 0.3) is 0 Å². The molecular weight excluding hydrogens is 370 g/mol. The van der Waals surface area contributed by atoms with Crippen molar-refractivity contribution in [3.63, 3.8) is 0 Å². The van der Waals surface area contributed by atoms with Gasteiger partial charge < -0.3 is 20.1 Å². The van der Waals surface area contributed by atoms with E-state index in [1.807, 2.05) is 13.8 Å². The minimum absolute atomic E-state index is 0.0424. The number of halogens is 1. The molecule has 0 radical (unpaired) electrons. The summed E-state index contributed by atoms with van der Waals surface area (Å²) in [5.74, 6) is 0.872. The number of ether oxygens (including phenoxy) is 2. The lowest BCUT2D eigenvalue weighted by Crippen LogP contribution is -2.41. The van der Waals surface area contributed by atoms with Crippen molar-refractivity contribution in [1.82, 2.24) is 15.3 Å². The van der Waals surface area contributed by atoms with Crippen LogP contribution in [0.25, 0.3) is 0 Å². The molecule has 2 heterocycles. The first-order valence-electron chi connectivity index (χ1n) is 8.63. The lowest BCUT2D eigenvalue weighted by atomic mass is 10.2. The summed E-state index contributed by atoms with van der Waals surface area (Å²) in [5.41, 5.74) is 2.08. The molecule has 1 aliphatic rings. The van der Waals surface area contributed by atoms with Crippen LogP contribution in [0.4, 0.5) is 16.3 Å². The van der Waals surface area contributed by atoms with Gasteiger partial charge in [0.05, 0.1) is 30.4 Å². The number of hydrogen-bond acceptors (Lipinski definition) is 6. The largest absolute Gasteiger partial charge is 0.489 e. The second-order valence-corrected chi connectivity index (χ2v) is 6.63. The summed E-state index contributed by atoms with van der Waals surface area (Å²) in [6, 6.07) is 2.99. The smallest absolute Gasteiger partial charge is 0.325 e. The van der Waals surface area contributed by atoms with Crippen LogP contribution in [0.2, 0.25) is 5.02 Å². The molecule has 3 rings (SSSR count). The van der Waals surface area contributed by atoms with Gasteiger partial charge in [-0.25, -0.2) is 9.78 Å². The normalized spacial score (nSPS) is 16.6. The Morgan fingerprint density at radius 1 is 1.33 bits per heavy atom. The third kappa shape index (κ3) is 5.53. The number of carbonyl (C=O) groups excluding carboxylic acids is 1. The SMILES string of the molecule is Cc1cnc(NC(=O)Nc2cc(Cl)c(C)cc2OCC2CNCCO2)cn1. The maximum Gasteiger partial charge on any atom is 0.325 e. The molecular formula is C18H22ClN5O3. The molecule has 1 unspecified atom stereocenters. The highest BCUT2D eigenvalue weighted by Gasteiger charge is 2.17. The fraction of sp³-hybridized carbons (Fsp3) is 0.389. The van der Waals surface area contributed by atoms with Gasteiger partial charge in [-0.05, 0) is 31.5 Å². The minimum atomic E-state index is -0.464. The lowest BCUT2D eigenvalue weighted by Gasteiger charge is -2.24. The van der Waals surface area contributed by atoms with Crippen molar-refractivity contribution in [2.45, 2.75) is 20.0 Å². The van der Waals surface area contributed by atoms with E-state index in [1.165, 1.54) is 6.20 Å². The van der Waals surface area contributed by atoms with Crippen LogP contribution in [0.1, 0.15) is 11.3 Å². The van der Waals surface area contributed by atoms with Crippen LogP contribution in [-0.4, -0.2) is 48.4 Å². The summed E-state index contributed by atoms with van der Waals surface area (Å²) >= 11 is 6.21. The molecule has 0 bridgehead atoms. The van der Waals surface area contributed by atoms with Gasteiger partial charge in [-0.2, -0.15) is 0 Å². The van der Waals surface area contributed by atoms with E-state index >= 15 is 0 Å². The zero-order chi connectivity index (χ0) is 19.2. The second-order valence-electron chi connectivity index (χ2n) is 6.23. The molecule has 8 nitrogen and oxygen atoms in total. The van der Waals surface area contributed by atoms with Crippen LogP contribution in [0.5, 0.6) is 5.75 Å². The number of rotatable bonds is 5. The van der Waals surface area contributed by atoms with Gasteiger partial charge in [0.1, 0.15) is 18.5 Å². The van der Waals surface area contributed by atoms with Gasteiger partial charge in [-0.1, -0.05) is 11.6 Å². The van der Waals surface area contributed by atoms with Crippen molar-refractivity contribution < 1.29 is 14.3 Å². The summed E-state index contributed by atoms with van der Waals surface area (Å²) in [6.45, 7) is 6.28. The van der Waals surface area contributed by atoms with Gasteiger partial charge in [0.2, 0.25) is 0 Å². The van der Waals surface area contributed by atoms with Gasteiger partial charge in [-0.15, -0.1) is 0 Å². The van der Waals surface area contributed by atoms with Crippen LogP contribution in [0, 0.1) is 13.8 Å². The molecule has 1 atom stereocenters. The zero-order valence-electron chi connectivity index (χ0n) is 15.2. The molecule has 27 heavy (non-hydrogen) atoms. The van der Waals surface area contributed by atoms with E-state index in [-0.39, 0.29) is 6.10 Å². The van der Waals surface area contributed by atoms with Crippen molar-refractivity contribution in [3.05, 3.63) is 40.8 Å². The monoisotopic (exact) mass is 391 g/mol. The Labute approximate surface area is 162 Å². The van der Waals surface area contributed by atoms with Crippen molar-refractivity contribution >= 4 is 29.1 Å². The molecule has 0 spiro atoms. The molecule has 1 aromatic heterocycles. The van der Waals surface area contributed by atoms with Crippen LogP contribution >= 0.6 is 11.6 Å². The van der Waals surface area contributed by atoms with E-state index in [2.05, 4.69) is 25.9 Å². The maximum atomic E-state index is 12.3. The number of anilines is 2. The lowest BCUT2D eigenvalue weighted by molar-refractivity contribution is 0.000341. The summed E-state index contributed by atoms with van der Waals surface area (Å²) in [5, 5.41) is 9.15. The topological polar surface area (TPSA) is 97.4 Å². The Bertz CT molecular complexity index is 794. The first-order valence-corrected chi connectivity index (χ1v) is 9.01. The molecule has 3 N–H and O–H groups in total. The van der Waals surface area contributed by atoms with Crippen molar-refractivity contribution in [2.24, 2.45) is 0 Å². The molecule has 1 aliphatic heterocycles. The number of carbonyl (C=O) groups is 1. The Balaban J connectivity index is 1.67. The van der Waals surface area contributed by atoms with Crippen LogP contribution < -0.4 is 20.7 Å². The molecule has 1 saturated heterocycles. The number of hydrogen-bond donors (Lipinski definition) is 3. The first-order chi connectivity index (χ1) is 13.0. The van der Waals surface area contributed by atoms with Gasteiger partial charge in [-0.3, -0.25) is 10.3 Å². The Kier molecular flexibility index (Phi) is 6.44. The number of benzene rings is 1. The maximum absolute atomic E-state index is 12.3. The Morgan fingerprint density at radius 3 is 2.89 bits per heavy atom. The minimum Gasteiger partial charge on any atom is -0.489 e. The number of morpholine rings is 1. The molecule has 2 aromatic rings. The van der Waals surface area contributed by atoms with Crippen LogP contribution in [0.15, 0.2) is 24.5 Å². The van der Waals surface area contributed by atoms with Gasteiger partial charge >= 0.3 is 6.03 Å². The van der Waals surface area contributed by atoms with E-state index in [0.717, 1.165) is 24.3 Å². The fourth-order valence-electron chi connectivity index (χ4n) is 2.51. The average Bonchev–Trinajstić information content (AvgIpc) is 2.66. The highest BCUT2D eigenvalue weighted by Crippen LogP contribution is 2.31. The second kappa shape index (κ2) is 8.98. The molecule has 1 aromatic carbocycles. The zero-order valence-corrected chi connectivity index (χ0v) is 16.0. The number of urea groups is 1. The quantitative estimate of drug-likeness (QED) is 0.725. The van der Waals surface area contributed by atoms with Gasteiger partial charge in [0.15, 0.2) is 5.82 Å². The number of nitrogens with one attached hydrogen (secondary N) is 3. The Hall–Kier alpha value is -2.42. The third-order valence-corrected chi connectivity index (χ3v) is 4.37. The molecule has 144 valence electrons. The number of nitrogens with zero attached hydrogens (tertiary/aromatic N) is 2. The average molecular weight is 392 g/mol. The predicted molar refractivity (Wildman–Crippen MR) is 104 cm³/mol. The van der Waals surface area contributed by atoms with Gasteiger partial charge in [0, 0.05) is 18.1 Å². The number of aryl methyl sites for hydroxylation is 2. The van der Waals surface area contributed by atoms with E-state index < -0.39 is 6.03 Å². The van der Waals surface area contributed by atoms with E-state index in [9.17, 15) is 4.79 Å². The predicted octanol–water partition coefficient (Wildman–Crippen LogP) is 2.76. The van der Waals surface area contributed by atoms with E-state index in [4.69, 9.17) is 21.1 Å². The standard InChI is InChI=1S/C18H22ClN5O3/c1-11-5-16(27-10-13-8-20-3-4-26-13)15(6-14(11)19)23-18(25)24-17-9-21-12(2)7-22-17/h5-7,9,13,20H,3-4,8,10H2,1-2H3,(H2,22,23,24,25). The first kappa shape index (κ1) is 19.3. The highest BCUT2D eigenvalue weighted by atomic mass is 35.5. The molecule has 2 amide bonds. The fourth-order valence-corrected chi connectivity index (χ4v) is 2.67.